The van der Waals surface area contributed by atoms with Crippen molar-refractivity contribution >= 4 is 15.7 Å². The van der Waals surface area contributed by atoms with Gasteiger partial charge in [-0.15, -0.1) is 0 Å². The molecule has 0 spiro atoms. The molecule has 0 aliphatic heterocycles. The number of sulfonamides is 1. The lowest BCUT2D eigenvalue weighted by atomic mass is 10.2. The Morgan fingerprint density at radius 2 is 1.95 bits per heavy atom. The second kappa shape index (κ2) is 5.84. The summed E-state index contributed by atoms with van der Waals surface area (Å²) in [6.45, 7) is 6.71. The molecule has 0 atom stereocenters. The lowest BCUT2D eigenvalue weighted by Crippen LogP contribution is -2.37. The average Bonchev–Trinajstić information content (AvgIpc) is 2.27. The standard InChI is InChI=1S/C12H17FN2O4S/c1-5-14(8(2)3)20(18,19)12-7-11(15(16)17)10(13)6-9(12)4/h6-8H,5H2,1-4H3. The monoisotopic (exact) mass is 304 g/mol. The molecule has 112 valence electrons. The normalized spacial score (nSPS) is 12.2. The molecule has 0 amide bonds. The van der Waals surface area contributed by atoms with Gasteiger partial charge >= 0.3 is 5.69 Å². The summed E-state index contributed by atoms with van der Waals surface area (Å²) in [5.74, 6) is -1.04. The highest BCUT2D eigenvalue weighted by atomic mass is 32.2. The number of halogens is 1. The number of nitrogens with zero attached hydrogens (tertiary/aromatic N) is 2. The van der Waals surface area contributed by atoms with Crippen molar-refractivity contribution in [1.29, 1.82) is 0 Å². The van der Waals surface area contributed by atoms with Gasteiger partial charge < -0.3 is 0 Å². The lowest BCUT2D eigenvalue weighted by Gasteiger charge is -2.25. The summed E-state index contributed by atoms with van der Waals surface area (Å²) < 4.78 is 39.7. The van der Waals surface area contributed by atoms with Crippen LogP contribution in [0.3, 0.4) is 0 Å². The van der Waals surface area contributed by atoms with E-state index in [1.54, 1.807) is 20.8 Å². The molecule has 0 bridgehead atoms. The van der Waals surface area contributed by atoms with Gasteiger partial charge in [-0.2, -0.15) is 8.70 Å². The fourth-order valence-corrected chi connectivity index (χ4v) is 3.87. The van der Waals surface area contributed by atoms with E-state index in [0.29, 0.717) is 0 Å². The minimum atomic E-state index is -3.89. The van der Waals surface area contributed by atoms with Gasteiger partial charge in [-0.3, -0.25) is 10.1 Å². The van der Waals surface area contributed by atoms with Crippen molar-refractivity contribution in [3.05, 3.63) is 33.6 Å². The summed E-state index contributed by atoms with van der Waals surface area (Å²) in [5, 5.41) is 10.7. The van der Waals surface area contributed by atoms with Crippen molar-refractivity contribution in [2.24, 2.45) is 0 Å². The number of hydrogen-bond donors (Lipinski definition) is 0. The molecule has 1 aromatic carbocycles. The van der Waals surface area contributed by atoms with Crippen molar-refractivity contribution in [2.75, 3.05) is 6.54 Å². The third kappa shape index (κ3) is 2.96. The highest BCUT2D eigenvalue weighted by molar-refractivity contribution is 7.89. The molecule has 0 radical (unpaired) electrons. The van der Waals surface area contributed by atoms with Crippen LogP contribution in [0.2, 0.25) is 0 Å². The predicted molar refractivity (Wildman–Crippen MR) is 72.5 cm³/mol. The van der Waals surface area contributed by atoms with E-state index in [4.69, 9.17) is 0 Å². The van der Waals surface area contributed by atoms with E-state index < -0.39 is 26.5 Å². The Morgan fingerprint density at radius 1 is 1.40 bits per heavy atom. The third-order valence-electron chi connectivity index (χ3n) is 2.92. The minimum absolute atomic E-state index is 0.146. The maximum Gasteiger partial charge on any atom is 0.306 e. The summed E-state index contributed by atoms with van der Waals surface area (Å²) in [4.78, 5) is 9.58. The number of aryl methyl sites for hydroxylation is 1. The van der Waals surface area contributed by atoms with Crippen LogP contribution in [0.4, 0.5) is 10.1 Å². The van der Waals surface area contributed by atoms with E-state index in [9.17, 15) is 22.9 Å². The van der Waals surface area contributed by atoms with Crippen LogP contribution in [0.1, 0.15) is 26.3 Å². The zero-order chi connectivity index (χ0) is 15.7. The molecule has 0 aliphatic carbocycles. The second-order valence-electron chi connectivity index (χ2n) is 4.63. The maximum atomic E-state index is 13.5. The zero-order valence-electron chi connectivity index (χ0n) is 11.8. The molecule has 0 heterocycles. The fraction of sp³-hybridized carbons (Fsp3) is 0.500. The highest BCUT2D eigenvalue weighted by Gasteiger charge is 2.30. The Morgan fingerprint density at radius 3 is 2.35 bits per heavy atom. The first-order valence-corrected chi connectivity index (χ1v) is 7.53. The molecule has 0 unspecified atom stereocenters. The Bertz CT molecular complexity index is 629. The van der Waals surface area contributed by atoms with Crippen molar-refractivity contribution in [2.45, 2.75) is 38.6 Å². The molecule has 0 saturated heterocycles. The van der Waals surface area contributed by atoms with E-state index in [1.807, 2.05) is 0 Å². The Hall–Kier alpha value is -1.54. The molecule has 0 aromatic heterocycles. The van der Waals surface area contributed by atoms with Gasteiger partial charge in [-0.1, -0.05) is 6.92 Å². The molecular weight excluding hydrogens is 287 g/mol. The first kappa shape index (κ1) is 16.5. The Balaban J connectivity index is 3.53. The Labute approximate surface area is 117 Å². The molecule has 0 fully saturated rings. The molecule has 8 heteroatoms. The fourth-order valence-electron chi connectivity index (χ4n) is 2.00. The van der Waals surface area contributed by atoms with Crippen molar-refractivity contribution in [1.82, 2.24) is 4.31 Å². The summed E-state index contributed by atoms with van der Waals surface area (Å²) in [7, 11) is -3.89. The summed E-state index contributed by atoms with van der Waals surface area (Å²) in [6.07, 6.45) is 0. The lowest BCUT2D eigenvalue weighted by molar-refractivity contribution is -0.387. The van der Waals surface area contributed by atoms with Crippen LogP contribution in [0, 0.1) is 22.9 Å². The van der Waals surface area contributed by atoms with E-state index in [1.165, 1.54) is 11.2 Å². The van der Waals surface area contributed by atoms with Crippen molar-refractivity contribution in [3.8, 4) is 0 Å². The van der Waals surface area contributed by atoms with Gasteiger partial charge in [-0.05, 0) is 32.4 Å². The molecule has 20 heavy (non-hydrogen) atoms. The molecule has 1 aromatic rings. The van der Waals surface area contributed by atoms with E-state index in [2.05, 4.69) is 0 Å². The number of nitro groups is 1. The number of hydrogen-bond acceptors (Lipinski definition) is 4. The topological polar surface area (TPSA) is 80.5 Å². The van der Waals surface area contributed by atoms with E-state index >= 15 is 0 Å². The van der Waals surface area contributed by atoms with Gasteiger partial charge in [0.25, 0.3) is 0 Å². The summed E-state index contributed by atoms with van der Waals surface area (Å²) in [5.41, 5.74) is -0.693. The highest BCUT2D eigenvalue weighted by Crippen LogP contribution is 2.28. The van der Waals surface area contributed by atoms with Gasteiger partial charge in [0.15, 0.2) is 0 Å². The van der Waals surface area contributed by atoms with Crippen LogP contribution >= 0.6 is 0 Å². The third-order valence-corrected chi connectivity index (χ3v) is 5.21. The molecule has 6 nitrogen and oxygen atoms in total. The second-order valence-corrected chi connectivity index (χ2v) is 6.49. The van der Waals surface area contributed by atoms with Crippen LogP contribution in [-0.2, 0) is 10.0 Å². The van der Waals surface area contributed by atoms with Crippen LogP contribution in [-0.4, -0.2) is 30.2 Å². The predicted octanol–water partition coefficient (Wildman–Crippen LogP) is 2.46. The minimum Gasteiger partial charge on any atom is -0.258 e. The van der Waals surface area contributed by atoms with E-state index in [0.717, 1.165) is 12.1 Å². The average molecular weight is 304 g/mol. The first-order chi connectivity index (χ1) is 9.12. The van der Waals surface area contributed by atoms with Gasteiger partial charge in [0, 0.05) is 18.7 Å². The first-order valence-electron chi connectivity index (χ1n) is 6.09. The summed E-state index contributed by atoms with van der Waals surface area (Å²) >= 11 is 0. The van der Waals surface area contributed by atoms with Crippen LogP contribution in [0.15, 0.2) is 17.0 Å². The summed E-state index contributed by atoms with van der Waals surface area (Å²) in [6, 6.07) is 1.36. The number of rotatable bonds is 5. The molecule has 0 saturated carbocycles. The van der Waals surface area contributed by atoms with E-state index in [-0.39, 0.29) is 23.0 Å². The molecule has 0 aliphatic rings. The number of nitro benzene ring substituents is 1. The largest absolute Gasteiger partial charge is 0.306 e. The SMILES string of the molecule is CCN(C(C)C)S(=O)(=O)c1cc([N+](=O)[O-])c(F)cc1C. The van der Waals surface area contributed by atoms with Gasteiger partial charge in [0.1, 0.15) is 0 Å². The molecule has 0 N–H and O–H groups in total. The van der Waals surface area contributed by atoms with Gasteiger partial charge in [-0.25, -0.2) is 8.42 Å². The molecular formula is C12H17FN2O4S. The van der Waals surface area contributed by atoms with Gasteiger partial charge in [0.05, 0.1) is 9.82 Å². The van der Waals surface area contributed by atoms with Crippen LogP contribution in [0.5, 0.6) is 0 Å². The molecule has 1 rings (SSSR count). The van der Waals surface area contributed by atoms with Crippen molar-refractivity contribution < 1.29 is 17.7 Å². The smallest absolute Gasteiger partial charge is 0.258 e. The van der Waals surface area contributed by atoms with Crippen LogP contribution < -0.4 is 0 Å². The number of benzene rings is 1. The van der Waals surface area contributed by atoms with Gasteiger partial charge in [0.2, 0.25) is 15.8 Å². The Kier molecular flexibility index (Phi) is 4.82. The van der Waals surface area contributed by atoms with Crippen molar-refractivity contribution in [3.63, 3.8) is 0 Å². The maximum absolute atomic E-state index is 13.5. The zero-order valence-corrected chi connectivity index (χ0v) is 12.6. The van der Waals surface area contributed by atoms with Crippen LogP contribution in [0.25, 0.3) is 0 Å². The quantitative estimate of drug-likeness (QED) is 0.618.